The highest BCUT2D eigenvalue weighted by Gasteiger charge is 2.37. The third-order valence-corrected chi connectivity index (χ3v) is 8.38. The van der Waals surface area contributed by atoms with E-state index in [4.69, 9.17) is 0 Å². The predicted octanol–water partition coefficient (Wildman–Crippen LogP) is 8.46. The molecule has 0 aliphatic carbocycles. The van der Waals surface area contributed by atoms with Crippen LogP contribution in [0.3, 0.4) is 0 Å². The Morgan fingerprint density at radius 2 is 0.977 bits per heavy atom. The minimum Gasteiger partial charge on any atom is -0.506 e. The second-order valence-corrected chi connectivity index (χ2v) is 13.5. The quantitative estimate of drug-likeness (QED) is 0.251. The van der Waals surface area contributed by atoms with Gasteiger partial charge in [0.05, 0.1) is 42.8 Å². The number of halogens is 2. The summed E-state index contributed by atoms with van der Waals surface area (Å²) in [6.45, 7) is 13.5. The van der Waals surface area contributed by atoms with Gasteiger partial charge in [-0.15, -0.1) is 0 Å². The van der Waals surface area contributed by atoms with Crippen LogP contribution in [0.5, 0.6) is 11.5 Å². The lowest BCUT2D eigenvalue weighted by molar-refractivity contribution is 0.474. The van der Waals surface area contributed by atoms with Gasteiger partial charge in [-0.25, -0.2) is 8.78 Å². The van der Waals surface area contributed by atoms with Crippen molar-refractivity contribution in [2.24, 2.45) is 0 Å². The average Bonchev–Trinajstić information content (AvgIpc) is 3.48. The van der Waals surface area contributed by atoms with Gasteiger partial charge >= 0.3 is 0 Å². The third kappa shape index (κ3) is 4.98. The molecule has 8 heteroatoms. The van der Waals surface area contributed by atoms with Crippen LogP contribution in [-0.2, 0) is 10.8 Å². The second-order valence-electron chi connectivity index (χ2n) is 13.5. The van der Waals surface area contributed by atoms with Gasteiger partial charge in [-0.05, 0) is 70.5 Å². The Labute approximate surface area is 252 Å². The van der Waals surface area contributed by atoms with Crippen molar-refractivity contribution in [3.63, 3.8) is 0 Å². The number of phenols is 2. The smallest absolute Gasteiger partial charge is 0.149 e. The first-order valence-electron chi connectivity index (χ1n) is 14.5. The number of hydrogen-bond acceptors (Lipinski definition) is 6. The number of hydrogen-bond donors (Lipinski definition) is 2. The van der Waals surface area contributed by atoms with Crippen LogP contribution >= 0.6 is 0 Å². The van der Waals surface area contributed by atoms with Gasteiger partial charge in [0.2, 0.25) is 0 Å². The molecule has 0 bridgehead atoms. The number of para-hydroxylation sites is 2. The van der Waals surface area contributed by atoms with Crippen LogP contribution in [0.4, 0.5) is 42.9 Å². The first-order chi connectivity index (χ1) is 20.2. The van der Waals surface area contributed by atoms with Crippen LogP contribution in [0.15, 0.2) is 72.8 Å². The van der Waals surface area contributed by atoms with Crippen molar-refractivity contribution in [3.8, 4) is 11.5 Å². The first kappa shape index (κ1) is 28.6. The summed E-state index contributed by atoms with van der Waals surface area (Å²) in [4.78, 5) is 7.64. The maximum absolute atomic E-state index is 15.5. The molecule has 0 fully saturated rings. The van der Waals surface area contributed by atoms with Gasteiger partial charge < -0.3 is 29.8 Å². The zero-order valence-electron chi connectivity index (χ0n) is 25.5. The van der Waals surface area contributed by atoms with Crippen LogP contribution in [0.25, 0.3) is 0 Å². The van der Waals surface area contributed by atoms with Gasteiger partial charge in [0.1, 0.15) is 34.5 Å². The Kier molecular flexibility index (Phi) is 6.71. The molecule has 0 atom stereocenters. The Balaban J connectivity index is 1.38. The molecule has 0 spiro atoms. The number of phenolic OH excluding ortho intramolecular Hbond substituents is 2. The summed E-state index contributed by atoms with van der Waals surface area (Å²) in [6, 6.07) is 20.9. The van der Waals surface area contributed by atoms with Crippen LogP contribution in [0.1, 0.15) is 52.7 Å². The Hall–Kier alpha value is -4.46. The molecule has 4 aromatic rings. The third-order valence-electron chi connectivity index (χ3n) is 8.38. The highest BCUT2D eigenvalue weighted by Crippen LogP contribution is 2.49. The summed E-state index contributed by atoms with van der Waals surface area (Å²) < 4.78 is 31.0. The largest absolute Gasteiger partial charge is 0.506 e. The molecule has 2 heterocycles. The van der Waals surface area contributed by atoms with E-state index in [2.05, 4.69) is 41.5 Å². The van der Waals surface area contributed by atoms with Crippen molar-refractivity contribution in [1.82, 2.24) is 0 Å². The van der Waals surface area contributed by atoms with Gasteiger partial charge in [0.25, 0.3) is 0 Å². The molecule has 224 valence electrons. The topological polar surface area (TPSA) is 53.4 Å². The van der Waals surface area contributed by atoms with Gasteiger partial charge in [0.15, 0.2) is 0 Å². The number of anilines is 6. The van der Waals surface area contributed by atoms with E-state index in [1.165, 1.54) is 12.1 Å². The fraction of sp³-hybridized carbons (Fsp3) is 0.314. The molecule has 0 aromatic heterocycles. The lowest BCUT2D eigenvalue weighted by Gasteiger charge is -2.30. The molecule has 0 radical (unpaired) electrons. The fourth-order valence-corrected chi connectivity index (χ4v) is 5.94. The standard InChI is InChI=1S/C35H38F2N4O2/c1-34(2,3)22-13-15-30(42)28(17-22)40-20-38(26-11-7-9-24(36)32(26)40)19-39-21-41(33-25(37)10-8-12-27(33)39)29-18-23(35(4,5)6)14-16-31(29)43/h7-18,42-43H,19-21H2,1-6H3. The summed E-state index contributed by atoms with van der Waals surface area (Å²) in [6.07, 6.45) is 0. The highest BCUT2D eigenvalue weighted by molar-refractivity contribution is 5.88. The lowest BCUT2D eigenvalue weighted by Crippen LogP contribution is -2.40. The SMILES string of the molecule is CC(C)(C)c1ccc(O)c(N2CN(CN3CN(c4cc(C(C)(C)C)ccc4O)c4c(F)cccc43)c3cccc(F)c32)c1. The van der Waals surface area contributed by atoms with E-state index in [0.29, 0.717) is 40.8 Å². The maximum Gasteiger partial charge on any atom is 0.149 e. The molecule has 43 heavy (non-hydrogen) atoms. The minimum atomic E-state index is -0.390. The van der Waals surface area contributed by atoms with Crippen molar-refractivity contribution in [2.75, 3.05) is 39.6 Å². The zero-order chi connectivity index (χ0) is 30.8. The van der Waals surface area contributed by atoms with Crippen LogP contribution in [-0.4, -0.2) is 30.2 Å². The van der Waals surface area contributed by atoms with Crippen LogP contribution < -0.4 is 19.6 Å². The van der Waals surface area contributed by atoms with Crippen molar-refractivity contribution in [2.45, 2.75) is 52.4 Å². The summed E-state index contributed by atoms with van der Waals surface area (Å²) in [7, 11) is 0. The van der Waals surface area contributed by atoms with Crippen molar-refractivity contribution < 1.29 is 19.0 Å². The maximum atomic E-state index is 15.5. The van der Waals surface area contributed by atoms with Gasteiger partial charge in [-0.3, -0.25) is 0 Å². The Morgan fingerprint density at radius 1 is 0.581 bits per heavy atom. The summed E-state index contributed by atoms with van der Waals surface area (Å²) in [5.74, 6) is -0.644. The molecular weight excluding hydrogens is 546 g/mol. The summed E-state index contributed by atoms with van der Waals surface area (Å²) in [5, 5.41) is 21.8. The van der Waals surface area contributed by atoms with E-state index in [-0.39, 0.29) is 47.3 Å². The van der Waals surface area contributed by atoms with E-state index >= 15 is 8.78 Å². The first-order valence-corrected chi connectivity index (χ1v) is 14.5. The number of aromatic hydroxyl groups is 2. The number of fused-ring (bicyclic) bond motifs is 2. The van der Waals surface area contributed by atoms with E-state index in [1.54, 1.807) is 34.1 Å². The van der Waals surface area contributed by atoms with E-state index in [0.717, 1.165) is 11.1 Å². The van der Waals surface area contributed by atoms with E-state index in [1.807, 2.05) is 46.2 Å². The van der Waals surface area contributed by atoms with Crippen molar-refractivity contribution in [1.29, 1.82) is 0 Å². The minimum absolute atomic E-state index is 0.0676. The van der Waals surface area contributed by atoms with Gasteiger partial charge in [-0.2, -0.15) is 0 Å². The zero-order valence-corrected chi connectivity index (χ0v) is 25.5. The normalized spacial score (nSPS) is 14.9. The molecule has 2 N–H and O–H groups in total. The predicted molar refractivity (Wildman–Crippen MR) is 170 cm³/mol. The summed E-state index contributed by atoms with van der Waals surface area (Å²) in [5.41, 5.74) is 4.89. The van der Waals surface area contributed by atoms with Crippen molar-refractivity contribution in [3.05, 3.63) is 95.6 Å². The fourth-order valence-electron chi connectivity index (χ4n) is 5.94. The van der Waals surface area contributed by atoms with Gasteiger partial charge in [-0.1, -0.05) is 65.8 Å². The Bertz CT molecular complexity index is 1580. The second kappa shape index (κ2) is 10.1. The number of nitrogens with zero attached hydrogens (tertiary/aromatic N) is 4. The van der Waals surface area contributed by atoms with Crippen molar-refractivity contribution >= 4 is 34.1 Å². The number of rotatable bonds is 4. The molecule has 0 amide bonds. The Morgan fingerprint density at radius 3 is 1.35 bits per heavy atom. The molecular formula is C35H38F2N4O2. The molecule has 0 unspecified atom stereocenters. The van der Waals surface area contributed by atoms with Crippen LogP contribution in [0, 0.1) is 11.6 Å². The van der Waals surface area contributed by atoms with E-state index in [9.17, 15) is 10.2 Å². The van der Waals surface area contributed by atoms with E-state index < -0.39 is 0 Å². The molecule has 4 aromatic carbocycles. The molecule has 0 saturated carbocycles. The highest BCUT2D eigenvalue weighted by atomic mass is 19.1. The molecule has 6 rings (SSSR count). The van der Waals surface area contributed by atoms with Crippen LogP contribution in [0.2, 0.25) is 0 Å². The molecule has 0 saturated heterocycles. The molecule has 2 aliphatic heterocycles. The molecule has 2 aliphatic rings. The monoisotopic (exact) mass is 584 g/mol. The summed E-state index contributed by atoms with van der Waals surface area (Å²) >= 11 is 0. The lowest BCUT2D eigenvalue weighted by atomic mass is 9.86. The average molecular weight is 585 g/mol. The van der Waals surface area contributed by atoms with Gasteiger partial charge in [0, 0.05) is 0 Å². The number of benzene rings is 4. The molecule has 6 nitrogen and oxygen atoms in total.